The van der Waals surface area contributed by atoms with Crippen molar-refractivity contribution >= 4 is 35.0 Å². The third-order valence-corrected chi connectivity index (χ3v) is 4.37. The normalized spacial score (nSPS) is 17.0. The summed E-state index contributed by atoms with van der Waals surface area (Å²) in [6, 6.07) is 17.2. The fourth-order valence-corrected chi connectivity index (χ4v) is 3.09. The first kappa shape index (κ1) is 17.2. The molecule has 0 N–H and O–H groups in total. The maximum absolute atomic E-state index is 12.8. The van der Waals surface area contributed by atoms with E-state index >= 15 is 0 Å². The van der Waals surface area contributed by atoms with E-state index in [2.05, 4.69) is 0 Å². The third-order valence-electron chi connectivity index (χ3n) is 4.14. The fraction of sp³-hybridized carbons (Fsp3) is 0.211. The smallest absolute Gasteiger partial charge is 0.257 e. The number of benzene rings is 2. The number of carbonyl (C=O) groups excluding carboxylic acids is 3. The highest BCUT2D eigenvalue weighted by molar-refractivity contribution is 6.28. The van der Waals surface area contributed by atoms with Gasteiger partial charge in [0.2, 0.25) is 11.8 Å². The van der Waals surface area contributed by atoms with Crippen LogP contribution in [0.3, 0.4) is 0 Å². The molecule has 0 aromatic heterocycles. The SMILES string of the molecule is O=C1C[C@@H](N(Cc2ccccc2)C(=O)CCl)C(=O)N1c1ccccc1. The van der Waals surface area contributed by atoms with Crippen LogP contribution < -0.4 is 4.90 Å². The van der Waals surface area contributed by atoms with Crippen LogP contribution in [0, 0.1) is 0 Å². The van der Waals surface area contributed by atoms with Crippen molar-refractivity contribution in [3.8, 4) is 0 Å². The van der Waals surface area contributed by atoms with Crippen LogP contribution in [0.25, 0.3) is 0 Å². The Labute approximate surface area is 150 Å². The number of alkyl halides is 1. The van der Waals surface area contributed by atoms with Gasteiger partial charge in [0, 0.05) is 6.54 Å². The molecule has 3 rings (SSSR count). The van der Waals surface area contributed by atoms with Gasteiger partial charge >= 0.3 is 0 Å². The molecule has 0 unspecified atom stereocenters. The van der Waals surface area contributed by atoms with Crippen LogP contribution in [0.5, 0.6) is 0 Å². The number of imide groups is 1. The minimum absolute atomic E-state index is 0.0385. The summed E-state index contributed by atoms with van der Waals surface area (Å²) in [5, 5.41) is 0. The molecule has 3 amide bonds. The number of hydrogen-bond acceptors (Lipinski definition) is 3. The Kier molecular flexibility index (Phi) is 5.14. The first-order valence-electron chi connectivity index (χ1n) is 7.93. The second-order valence-corrected chi connectivity index (χ2v) is 6.03. The predicted molar refractivity (Wildman–Crippen MR) is 95.1 cm³/mol. The largest absolute Gasteiger partial charge is 0.325 e. The molecule has 1 atom stereocenters. The Hall–Kier alpha value is -2.66. The van der Waals surface area contributed by atoms with Gasteiger partial charge in [0.05, 0.1) is 12.1 Å². The molecule has 0 bridgehead atoms. The van der Waals surface area contributed by atoms with Gasteiger partial charge in [-0.25, -0.2) is 4.90 Å². The Morgan fingerprint density at radius 1 is 1.04 bits per heavy atom. The molecule has 1 heterocycles. The lowest BCUT2D eigenvalue weighted by atomic mass is 10.1. The molecule has 128 valence electrons. The first-order valence-corrected chi connectivity index (χ1v) is 8.46. The quantitative estimate of drug-likeness (QED) is 0.611. The minimum atomic E-state index is -0.834. The molecule has 0 aliphatic carbocycles. The van der Waals surface area contributed by atoms with E-state index in [-0.39, 0.29) is 30.7 Å². The zero-order valence-corrected chi connectivity index (χ0v) is 14.2. The number of para-hydroxylation sites is 1. The highest BCUT2D eigenvalue weighted by atomic mass is 35.5. The lowest BCUT2D eigenvalue weighted by molar-refractivity contribution is -0.136. The average Bonchev–Trinajstić information content (AvgIpc) is 2.94. The number of anilines is 1. The van der Waals surface area contributed by atoms with Crippen LogP contribution in [0.4, 0.5) is 5.69 Å². The highest BCUT2D eigenvalue weighted by Crippen LogP contribution is 2.26. The minimum Gasteiger partial charge on any atom is -0.325 e. The lowest BCUT2D eigenvalue weighted by Gasteiger charge is -2.27. The maximum atomic E-state index is 12.8. The molecule has 1 aliphatic heterocycles. The van der Waals surface area contributed by atoms with Gasteiger partial charge in [-0.3, -0.25) is 14.4 Å². The zero-order chi connectivity index (χ0) is 17.8. The van der Waals surface area contributed by atoms with Crippen molar-refractivity contribution in [1.29, 1.82) is 0 Å². The van der Waals surface area contributed by atoms with E-state index in [0.717, 1.165) is 10.5 Å². The van der Waals surface area contributed by atoms with Crippen molar-refractivity contribution < 1.29 is 14.4 Å². The van der Waals surface area contributed by atoms with Gasteiger partial charge in [0.1, 0.15) is 11.9 Å². The monoisotopic (exact) mass is 356 g/mol. The standard InChI is InChI=1S/C19H17ClN2O3/c20-12-18(24)21(13-14-7-3-1-4-8-14)16-11-17(23)22(19(16)25)15-9-5-2-6-10-15/h1-10,16H,11-13H2/t16-/m1/s1. The predicted octanol–water partition coefficient (Wildman–Crippen LogP) is 2.59. The van der Waals surface area contributed by atoms with E-state index in [1.807, 2.05) is 36.4 Å². The summed E-state index contributed by atoms with van der Waals surface area (Å²) in [6.45, 7) is 0.235. The molecular formula is C19H17ClN2O3. The molecule has 1 saturated heterocycles. The Balaban J connectivity index is 1.88. The van der Waals surface area contributed by atoms with Crippen molar-refractivity contribution in [3.05, 3.63) is 66.2 Å². The van der Waals surface area contributed by atoms with Gasteiger partial charge in [-0.2, -0.15) is 0 Å². The molecule has 0 radical (unpaired) electrons. The Morgan fingerprint density at radius 2 is 1.64 bits per heavy atom. The molecule has 25 heavy (non-hydrogen) atoms. The maximum Gasteiger partial charge on any atom is 0.257 e. The van der Waals surface area contributed by atoms with Gasteiger partial charge in [0.15, 0.2) is 0 Å². The summed E-state index contributed by atoms with van der Waals surface area (Å²) in [5.41, 5.74) is 1.39. The summed E-state index contributed by atoms with van der Waals surface area (Å²) in [5.74, 6) is -1.32. The molecule has 0 saturated carbocycles. The second kappa shape index (κ2) is 7.49. The van der Waals surface area contributed by atoms with Crippen molar-refractivity contribution in [2.24, 2.45) is 0 Å². The molecule has 2 aromatic carbocycles. The molecule has 1 aliphatic rings. The zero-order valence-electron chi connectivity index (χ0n) is 13.5. The van der Waals surface area contributed by atoms with Crippen molar-refractivity contribution in [2.75, 3.05) is 10.8 Å². The summed E-state index contributed by atoms with van der Waals surface area (Å²) < 4.78 is 0. The number of rotatable bonds is 5. The molecule has 5 nitrogen and oxygen atoms in total. The number of hydrogen-bond donors (Lipinski definition) is 0. The van der Waals surface area contributed by atoms with E-state index in [1.165, 1.54) is 4.90 Å². The number of nitrogens with zero attached hydrogens (tertiary/aromatic N) is 2. The molecular weight excluding hydrogens is 340 g/mol. The number of carbonyl (C=O) groups is 3. The van der Waals surface area contributed by atoms with Crippen LogP contribution in [0.15, 0.2) is 60.7 Å². The second-order valence-electron chi connectivity index (χ2n) is 5.76. The first-order chi connectivity index (χ1) is 12.1. The highest BCUT2D eigenvalue weighted by Gasteiger charge is 2.44. The van der Waals surface area contributed by atoms with Crippen LogP contribution >= 0.6 is 11.6 Å². The Bertz CT molecular complexity index is 780. The van der Waals surface area contributed by atoms with E-state index in [4.69, 9.17) is 11.6 Å². The van der Waals surface area contributed by atoms with Crippen LogP contribution in [-0.2, 0) is 20.9 Å². The molecule has 0 spiro atoms. The molecule has 2 aromatic rings. The lowest BCUT2D eigenvalue weighted by Crippen LogP contribution is -2.45. The number of halogens is 1. The van der Waals surface area contributed by atoms with Crippen molar-refractivity contribution in [2.45, 2.75) is 19.0 Å². The summed E-state index contributed by atoms with van der Waals surface area (Å²) in [6.07, 6.45) is -0.0385. The van der Waals surface area contributed by atoms with Gasteiger partial charge in [-0.15, -0.1) is 11.6 Å². The summed E-state index contributed by atoms with van der Waals surface area (Å²) >= 11 is 5.73. The van der Waals surface area contributed by atoms with Gasteiger partial charge in [-0.05, 0) is 17.7 Å². The van der Waals surface area contributed by atoms with E-state index < -0.39 is 11.9 Å². The average molecular weight is 357 g/mol. The summed E-state index contributed by atoms with van der Waals surface area (Å²) in [7, 11) is 0. The van der Waals surface area contributed by atoms with Crippen LogP contribution in [0.1, 0.15) is 12.0 Å². The Morgan fingerprint density at radius 3 is 2.24 bits per heavy atom. The van der Waals surface area contributed by atoms with E-state index in [0.29, 0.717) is 5.69 Å². The van der Waals surface area contributed by atoms with Crippen LogP contribution in [0.2, 0.25) is 0 Å². The third kappa shape index (κ3) is 3.56. The fourth-order valence-electron chi connectivity index (χ4n) is 2.94. The molecule has 6 heteroatoms. The van der Waals surface area contributed by atoms with Crippen molar-refractivity contribution in [3.63, 3.8) is 0 Å². The van der Waals surface area contributed by atoms with Gasteiger partial charge < -0.3 is 4.90 Å². The van der Waals surface area contributed by atoms with Gasteiger partial charge in [-0.1, -0.05) is 48.5 Å². The molecule has 1 fully saturated rings. The summed E-state index contributed by atoms with van der Waals surface area (Å²) in [4.78, 5) is 40.1. The van der Waals surface area contributed by atoms with E-state index in [9.17, 15) is 14.4 Å². The van der Waals surface area contributed by atoms with Crippen molar-refractivity contribution in [1.82, 2.24) is 4.90 Å². The topological polar surface area (TPSA) is 57.7 Å². The number of amides is 3. The van der Waals surface area contributed by atoms with Crippen LogP contribution in [-0.4, -0.2) is 34.5 Å². The van der Waals surface area contributed by atoms with Gasteiger partial charge in [0.25, 0.3) is 5.91 Å². The van der Waals surface area contributed by atoms with E-state index in [1.54, 1.807) is 24.3 Å².